The lowest BCUT2D eigenvalue weighted by atomic mass is 10.1. The van der Waals surface area contributed by atoms with E-state index in [0.717, 1.165) is 5.56 Å². The summed E-state index contributed by atoms with van der Waals surface area (Å²) in [5, 5.41) is 2.77. The largest absolute Gasteiger partial charge is 0.444 e. The highest BCUT2D eigenvalue weighted by Crippen LogP contribution is 2.29. The van der Waals surface area contributed by atoms with Gasteiger partial charge in [0.25, 0.3) is 0 Å². The average molecular weight is 333 g/mol. The predicted octanol–water partition coefficient (Wildman–Crippen LogP) is 2.87. The van der Waals surface area contributed by atoms with Crippen LogP contribution in [0.15, 0.2) is 65.3 Å². The number of nitrogens with one attached hydrogen (secondary N) is 1. The summed E-state index contributed by atoms with van der Waals surface area (Å²) in [5.74, 6) is 0.0626. The van der Waals surface area contributed by atoms with Crippen LogP contribution in [-0.4, -0.2) is 23.3 Å². The Morgan fingerprint density at radius 1 is 1.12 bits per heavy atom. The molecule has 0 saturated heterocycles. The first-order valence-electron chi connectivity index (χ1n) is 7.90. The van der Waals surface area contributed by atoms with Gasteiger partial charge < -0.3 is 14.6 Å². The molecule has 0 saturated carbocycles. The summed E-state index contributed by atoms with van der Waals surface area (Å²) < 4.78 is 5.47. The molecule has 0 radical (unpaired) electrons. The van der Waals surface area contributed by atoms with Gasteiger partial charge in [0.05, 0.1) is 23.5 Å². The monoisotopic (exact) mass is 333 g/mol. The molecule has 1 aromatic heterocycles. The highest BCUT2D eigenvalue weighted by atomic mass is 16.3. The number of aromatic nitrogens is 1. The number of oxazole rings is 1. The molecule has 0 bridgehead atoms. The Labute approximate surface area is 144 Å². The predicted molar refractivity (Wildman–Crippen MR) is 93.1 cm³/mol. The number of nitrogens with zero attached hydrogens (tertiary/aromatic N) is 2. The van der Waals surface area contributed by atoms with Crippen molar-refractivity contribution >= 4 is 23.2 Å². The van der Waals surface area contributed by atoms with Gasteiger partial charge in [-0.05, 0) is 24.3 Å². The number of benzene rings is 2. The molecule has 1 aliphatic rings. The molecule has 2 aromatic carbocycles. The maximum atomic E-state index is 12.7. The first-order chi connectivity index (χ1) is 12.2. The van der Waals surface area contributed by atoms with Gasteiger partial charge in [0.1, 0.15) is 12.8 Å². The summed E-state index contributed by atoms with van der Waals surface area (Å²) in [6, 6.07) is 16.7. The summed E-state index contributed by atoms with van der Waals surface area (Å²) in [5.41, 5.74) is 2.72. The van der Waals surface area contributed by atoms with E-state index in [1.807, 2.05) is 48.5 Å². The third-order valence-corrected chi connectivity index (χ3v) is 3.98. The van der Waals surface area contributed by atoms with Gasteiger partial charge in [0.2, 0.25) is 17.7 Å². The first-order valence-corrected chi connectivity index (χ1v) is 7.90. The molecule has 6 heteroatoms. The summed E-state index contributed by atoms with van der Waals surface area (Å²) in [4.78, 5) is 30.4. The van der Waals surface area contributed by atoms with Crippen LogP contribution in [0.4, 0.5) is 11.4 Å². The van der Waals surface area contributed by atoms with Crippen LogP contribution in [0.1, 0.15) is 5.69 Å². The zero-order valence-electron chi connectivity index (χ0n) is 13.3. The Morgan fingerprint density at radius 3 is 2.72 bits per heavy atom. The van der Waals surface area contributed by atoms with Crippen molar-refractivity contribution in [1.29, 1.82) is 0 Å². The molecule has 3 aromatic rings. The Kier molecular flexibility index (Phi) is 3.78. The van der Waals surface area contributed by atoms with Crippen LogP contribution >= 0.6 is 0 Å². The van der Waals surface area contributed by atoms with E-state index >= 15 is 0 Å². The van der Waals surface area contributed by atoms with E-state index in [0.29, 0.717) is 23.0 Å². The standard InChI is InChI=1S/C19H15N3O3/c23-17-11-22(16-9-5-4-8-15(16)21-17)18(24)10-14-12-25-19(20-14)13-6-2-1-3-7-13/h1-9,12H,10-11H2,(H,21,23). The third kappa shape index (κ3) is 3.01. The van der Waals surface area contributed by atoms with E-state index in [1.54, 1.807) is 6.07 Å². The van der Waals surface area contributed by atoms with Crippen LogP contribution in [0, 0.1) is 0 Å². The molecule has 0 fully saturated rings. The van der Waals surface area contributed by atoms with Gasteiger partial charge in [-0.3, -0.25) is 9.59 Å². The van der Waals surface area contributed by atoms with Gasteiger partial charge in [-0.2, -0.15) is 0 Å². The molecule has 0 atom stereocenters. The number of hydrogen-bond donors (Lipinski definition) is 1. The topological polar surface area (TPSA) is 75.4 Å². The number of anilines is 2. The van der Waals surface area contributed by atoms with Gasteiger partial charge >= 0.3 is 0 Å². The van der Waals surface area contributed by atoms with Gasteiger partial charge in [0, 0.05) is 5.56 Å². The van der Waals surface area contributed by atoms with Crippen LogP contribution in [0.25, 0.3) is 11.5 Å². The number of fused-ring (bicyclic) bond motifs is 1. The lowest BCUT2D eigenvalue weighted by Gasteiger charge is -2.28. The van der Waals surface area contributed by atoms with Crippen LogP contribution in [0.5, 0.6) is 0 Å². The lowest BCUT2D eigenvalue weighted by molar-refractivity contribution is -0.121. The zero-order valence-corrected chi connectivity index (χ0v) is 13.3. The molecule has 0 aliphatic carbocycles. The minimum atomic E-state index is -0.211. The van der Waals surface area contributed by atoms with E-state index in [9.17, 15) is 9.59 Å². The second kappa shape index (κ2) is 6.24. The quantitative estimate of drug-likeness (QED) is 0.800. The van der Waals surface area contributed by atoms with E-state index in [-0.39, 0.29) is 24.8 Å². The summed E-state index contributed by atoms with van der Waals surface area (Å²) in [7, 11) is 0. The van der Waals surface area contributed by atoms with Gasteiger partial charge in [-0.25, -0.2) is 4.98 Å². The Bertz CT molecular complexity index is 934. The van der Waals surface area contributed by atoms with Crippen molar-refractivity contribution in [2.24, 2.45) is 0 Å². The summed E-state index contributed by atoms with van der Waals surface area (Å²) in [6.45, 7) is -0.000753. The van der Waals surface area contributed by atoms with Crippen LogP contribution in [0.2, 0.25) is 0 Å². The maximum Gasteiger partial charge on any atom is 0.244 e. The molecular formula is C19H15N3O3. The Hall–Kier alpha value is -3.41. The highest BCUT2D eigenvalue weighted by molar-refractivity contribution is 6.10. The molecule has 1 aliphatic heterocycles. The SMILES string of the molecule is O=C1CN(C(=O)Cc2coc(-c3ccccc3)n2)c2ccccc2N1. The minimum Gasteiger partial charge on any atom is -0.444 e. The normalized spacial score (nSPS) is 13.3. The van der Waals surface area contributed by atoms with Crippen LogP contribution in [-0.2, 0) is 16.0 Å². The van der Waals surface area contributed by atoms with Crippen molar-refractivity contribution in [3.8, 4) is 11.5 Å². The average Bonchev–Trinajstić information content (AvgIpc) is 3.10. The highest BCUT2D eigenvalue weighted by Gasteiger charge is 2.27. The van der Waals surface area contributed by atoms with Crippen molar-refractivity contribution in [2.75, 3.05) is 16.8 Å². The van der Waals surface area contributed by atoms with Crippen LogP contribution in [0.3, 0.4) is 0 Å². The van der Waals surface area contributed by atoms with E-state index in [1.165, 1.54) is 11.2 Å². The third-order valence-electron chi connectivity index (χ3n) is 3.98. The van der Waals surface area contributed by atoms with Crippen molar-refractivity contribution < 1.29 is 14.0 Å². The van der Waals surface area contributed by atoms with Gasteiger partial charge in [-0.1, -0.05) is 30.3 Å². The first kappa shape index (κ1) is 15.1. The van der Waals surface area contributed by atoms with Crippen molar-refractivity contribution in [3.05, 3.63) is 66.6 Å². The molecule has 4 rings (SSSR count). The fourth-order valence-electron chi connectivity index (χ4n) is 2.81. The number of hydrogen-bond acceptors (Lipinski definition) is 4. The van der Waals surface area contributed by atoms with E-state index < -0.39 is 0 Å². The maximum absolute atomic E-state index is 12.7. The fraction of sp³-hybridized carbons (Fsp3) is 0.105. The molecule has 2 heterocycles. The smallest absolute Gasteiger partial charge is 0.244 e. The Morgan fingerprint density at radius 2 is 1.88 bits per heavy atom. The molecule has 2 amide bonds. The molecule has 6 nitrogen and oxygen atoms in total. The molecule has 0 spiro atoms. The van der Waals surface area contributed by atoms with Crippen molar-refractivity contribution in [1.82, 2.24) is 4.98 Å². The molecule has 0 unspecified atom stereocenters. The molecule has 124 valence electrons. The zero-order chi connectivity index (χ0) is 17.2. The van der Waals surface area contributed by atoms with Crippen LogP contribution < -0.4 is 10.2 Å². The van der Waals surface area contributed by atoms with Gasteiger partial charge in [0.15, 0.2) is 0 Å². The number of carbonyl (C=O) groups excluding carboxylic acids is 2. The van der Waals surface area contributed by atoms with Crippen molar-refractivity contribution in [3.63, 3.8) is 0 Å². The second-order valence-electron chi connectivity index (χ2n) is 5.73. The molecule has 1 N–H and O–H groups in total. The van der Waals surface area contributed by atoms with Gasteiger partial charge in [-0.15, -0.1) is 0 Å². The summed E-state index contributed by atoms with van der Waals surface area (Å²) in [6.07, 6.45) is 1.55. The fourth-order valence-corrected chi connectivity index (χ4v) is 2.81. The molecule has 25 heavy (non-hydrogen) atoms. The number of rotatable bonds is 3. The van der Waals surface area contributed by atoms with E-state index in [4.69, 9.17) is 4.42 Å². The molecular weight excluding hydrogens is 318 g/mol. The van der Waals surface area contributed by atoms with E-state index in [2.05, 4.69) is 10.3 Å². The Balaban J connectivity index is 1.55. The minimum absolute atomic E-state index is 0.000753. The number of carbonyl (C=O) groups is 2. The second-order valence-corrected chi connectivity index (χ2v) is 5.73. The lowest BCUT2D eigenvalue weighted by Crippen LogP contribution is -2.42. The summed E-state index contributed by atoms with van der Waals surface area (Å²) >= 11 is 0. The number of para-hydroxylation sites is 2. The number of amides is 2. The van der Waals surface area contributed by atoms with Crippen molar-refractivity contribution in [2.45, 2.75) is 6.42 Å².